The lowest BCUT2D eigenvalue weighted by Crippen LogP contribution is -2.33. The number of hydrogen-bond acceptors (Lipinski definition) is 4. The van der Waals surface area contributed by atoms with Gasteiger partial charge in [0, 0.05) is 25.3 Å². The van der Waals surface area contributed by atoms with Gasteiger partial charge >= 0.3 is 0 Å². The molecule has 0 aliphatic rings. The van der Waals surface area contributed by atoms with Gasteiger partial charge in [0.05, 0.1) is 9.40 Å². The standard InChI is InChI=1S/C12H17BrN2O3/c1-8(7-16)9(2)14-6-10-3-4-11(13)12(5-10)15(17)18/h3-5,8-9,14,16H,6-7H2,1-2H3. The lowest BCUT2D eigenvalue weighted by Gasteiger charge is -2.19. The Kier molecular flexibility index (Phi) is 5.71. The second-order valence-electron chi connectivity index (χ2n) is 4.37. The highest BCUT2D eigenvalue weighted by Gasteiger charge is 2.14. The molecule has 0 aliphatic heterocycles. The Morgan fingerprint density at radius 1 is 1.50 bits per heavy atom. The molecular weight excluding hydrogens is 300 g/mol. The van der Waals surface area contributed by atoms with E-state index in [9.17, 15) is 10.1 Å². The number of hydrogen-bond donors (Lipinski definition) is 2. The molecule has 1 aromatic rings. The summed E-state index contributed by atoms with van der Waals surface area (Å²) in [5.74, 6) is 0.149. The van der Waals surface area contributed by atoms with Gasteiger partial charge in [-0.2, -0.15) is 0 Å². The van der Waals surface area contributed by atoms with Gasteiger partial charge in [-0.3, -0.25) is 10.1 Å². The fraction of sp³-hybridized carbons (Fsp3) is 0.500. The summed E-state index contributed by atoms with van der Waals surface area (Å²) in [6, 6.07) is 5.21. The summed E-state index contributed by atoms with van der Waals surface area (Å²) in [7, 11) is 0. The number of nitrogens with zero attached hydrogens (tertiary/aromatic N) is 1. The van der Waals surface area contributed by atoms with E-state index < -0.39 is 4.92 Å². The van der Waals surface area contributed by atoms with Crippen LogP contribution in [0.2, 0.25) is 0 Å². The first-order valence-corrected chi connectivity index (χ1v) is 6.52. The van der Waals surface area contributed by atoms with Crippen molar-refractivity contribution in [1.29, 1.82) is 0 Å². The first-order valence-electron chi connectivity index (χ1n) is 5.72. The van der Waals surface area contributed by atoms with Crippen molar-refractivity contribution in [1.82, 2.24) is 5.32 Å². The third-order valence-corrected chi connectivity index (χ3v) is 3.65. The molecule has 100 valence electrons. The van der Waals surface area contributed by atoms with Crippen molar-refractivity contribution in [3.8, 4) is 0 Å². The van der Waals surface area contributed by atoms with Gasteiger partial charge in [0.15, 0.2) is 0 Å². The van der Waals surface area contributed by atoms with Crippen molar-refractivity contribution in [3.05, 3.63) is 38.3 Å². The van der Waals surface area contributed by atoms with Crippen LogP contribution in [0, 0.1) is 16.0 Å². The van der Waals surface area contributed by atoms with Gasteiger partial charge in [-0.05, 0) is 40.4 Å². The minimum atomic E-state index is -0.409. The van der Waals surface area contributed by atoms with E-state index in [1.165, 1.54) is 0 Å². The molecule has 5 nitrogen and oxygen atoms in total. The first-order chi connectivity index (χ1) is 8.45. The van der Waals surface area contributed by atoms with Crippen LogP contribution >= 0.6 is 15.9 Å². The minimum Gasteiger partial charge on any atom is -0.396 e. The Bertz CT molecular complexity index is 426. The number of aliphatic hydroxyl groups excluding tert-OH is 1. The molecule has 0 saturated carbocycles. The Labute approximate surface area is 114 Å². The van der Waals surface area contributed by atoms with E-state index in [1.807, 2.05) is 19.9 Å². The molecule has 0 aromatic heterocycles. The van der Waals surface area contributed by atoms with E-state index in [-0.39, 0.29) is 24.3 Å². The normalized spacial score (nSPS) is 14.2. The highest BCUT2D eigenvalue weighted by Crippen LogP contribution is 2.25. The van der Waals surface area contributed by atoms with Crippen LogP contribution in [0.15, 0.2) is 22.7 Å². The molecule has 0 heterocycles. The van der Waals surface area contributed by atoms with Crippen LogP contribution in [-0.2, 0) is 6.54 Å². The molecule has 18 heavy (non-hydrogen) atoms. The van der Waals surface area contributed by atoms with Crippen LogP contribution in [0.3, 0.4) is 0 Å². The SMILES string of the molecule is CC(CO)C(C)NCc1ccc(Br)c([N+](=O)[O-])c1. The zero-order valence-corrected chi connectivity index (χ0v) is 12.0. The van der Waals surface area contributed by atoms with Crippen LogP contribution < -0.4 is 5.32 Å². The largest absolute Gasteiger partial charge is 0.396 e. The number of halogens is 1. The Morgan fingerprint density at radius 3 is 2.72 bits per heavy atom. The Balaban J connectivity index is 2.69. The number of rotatable bonds is 6. The molecule has 1 aromatic carbocycles. The monoisotopic (exact) mass is 316 g/mol. The molecule has 0 saturated heterocycles. The molecule has 0 radical (unpaired) electrons. The Morgan fingerprint density at radius 2 is 2.17 bits per heavy atom. The minimum absolute atomic E-state index is 0.0668. The Hall–Kier alpha value is -0.980. The van der Waals surface area contributed by atoms with Crippen molar-refractivity contribution in [2.45, 2.75) is 26.4 Å². The fourth-order valence-electron chi connectivity index (χ4n) is 1.45. The van der Waals surface area contributed by atoms with Crippen LogP contribution in [0.5, 0.6) is 0 Å². The van der Waals surface area contributed by atoms with E-state index in [0.29, 0.717) is 11.0 Å². The van der Waals surface area contributed by atoms with E-state index in [4.69, 9.17) is 5.11 Å². The van der Waals surface area contributed by atoms with Gasteiger partial charge < -0.3 is 10.4 Å². The van der Waals surface area contributed by atoms with Gasteiger partial charge in [0.25, 0.3) is 5.69 Å². The summed E-state index contributed by atoms with van der Waals surface area (Å²) in [6.07, 6.45) is 0. The summed E-state index contributed by atoms with van der Waals surface area (Å²) in [5.41, 5.74) is 0.916. The van der Waals surface area contributed by atoms with Gasteiger partial charge in [-0.25, -0.2) is 0 Å². The summed E-state index contributed by atoms with van der Waals surface area (Å²) >= 11 is 3.15. The highest BCUT2D eigenvalue weighted by molar-refractivity contribution is 9.10. The molecule has 0 aliphatic carbocycles. The molecule has 1 rings (SSSR count). The molecule has 6 heteroatoms. The van der Waals surface area contributed by atoms with Gasteiger partial charge in [-0.1, -0.05) is 13.0 Å². The molecule has 0 fully saturated rings. The summed E-state index contributed by atoms with van der Waals surface area (Å²) < 4.78 is 0.480. The molecule has 0 amide bonds. The summed E-state index contributed by atoms with van der Waals surface area (Å²) in [6.45, 7) is 4.59. The molecule has 0 bridgehead atoms. The van der Waals surface area contributed by atoms with E-state index in [1.54, 1.807) is 12.1 Å². The molecule has 0 spiro atoms. The molecular formula is C12H17BrN2O3. The third-order valence-electron chi connectivity index (χ3n) is 2.98. The number of nitro benzene ring substituents is 1. The fourth-order valence-corrected chi connectivity index (χ4v) is 1.84. The van der Waals surface area contributed by atoms with Crippen LogP contribution in [0.4, 0.5) is 5.69 Å². The molecule has 2 unspecified atom stereocenters. The van der Waals surface area contributed by atoms with E-state index in [0.717, 1.165) is 5.56 Å². The van der Waals surface area contributed by atoms with Crippen LogP contribution in [-0.4, -0.2) is 22.7 Å². The van der Waals surface area contributed by atoms with Crippen LogP contribution in [0.1, 0.15) is 19.4 Å². The predicted octanol–water partition coefficient (Wildman–Crippen LogP) is 2.46. The van der Waals surface area contributed by atoms with Gasteiger partial charge in [-0.15, -0.1) is 0 Å². The molecule has 2 N–H and O–H groups in total. The zero-order chi connectivity index (χ0) is 13.7. The lowest BCUT2D eigenvalue weighted by atomic mass is 10.0. The van der Waals surface area contributed by atoms with Gasteiger partial charge in [0.1, 0.15) is 0 Å². The molecule has 2 atom stereocenters. The van der Waals surface area contributed by atoms with Crippen molar-refractivity contribution >= 4 is 21.6 Å². The first kappa shape index (κ1) is 15.1. The third kappa shape index (κ3) is 4.04. The lowest BCUT2D eigenvalue weighted by molar-refractivity contribution is -0.385. The smallest absolute Gasteiger partial charge is 0.283 e. The number of nitrogens with one attached hydrogen (secondary N) is 1. The van der Waals surface area contributed by atoms with Crippen molar-refractivity contribution < 1.29 is 10.0 Å². The number of benzene rings is 1. The van der Waals surface area contributed by atoms with Crippen molar-refractivity contribution in [3.63, 3.8) is 0 Å². The second kappa shape index (κ2) is 6.82. The maximum atomic E-state index is 10.8. The average Bonchev–Trinajstić information content (AvgIpc) is 2.36. The summed E-state index contributed by atoms with van der Waals surface area (Å²) in [4.78, 5) is 10.4. The maximum Gasteiger partial charge on any atom is 0.283 e. The van der Waals surface area contributed by atoms with Gasteiger partial charge in [0.2, 0.25) is 0 Å². The van der Waals surface area contributed by atoms with E-state index in [2.05, 4.69) is 21.2 Å². The number of nitro groups is 1. The quantitative estimate of drug-likeness (QED) is 0.624. The highest BCUT2D eigenvalue weighted by atomic mass is 79.9. The second-order valence-corrected chi connectivity index (χ2v) is 5.23. The zero-order valence-electron chi connectivity index (χ0n) is 10.4. The van der Waals surface area contributed by atoms with Crippen molar-refractivity contribution in [2.24, 2.45) is 5.92 Å². The van der Waals surface area contributed by atoms with Crippen LogP contribution in [0.25, 0.3) is 0 Å². The summed E-state index contributed by atoms with van der Waals surface area (Å²) in [5, 5.41) is 23.0. The average molecular weight is 317 g/mol. The maximum absolute atomic E-state index is 10.8. The topological polar surface area (TPSA) is 75.4 Å². The predicted molar refractivity (Wildman–Crippen MR) is 73.3 cm³/mol. The van der Waals surface area contributed by atoms with E-state index >= 15 is 0 Å². The van der Waals surface area contributed by atoms with Crippen molar-refractivity contribution in [2.75, 3.05) is 6.61 Å². The number of aliphatic hydroxyl groups is 1.